The van der Waals surface area contributed by atoms with Crippen molar-refractivity contribution in [2.45, 2.75) is 34.1 Å². The maximum Gasteiger partial charge on any atom is 0.193 e. The first-order chi connectivity index (χ1) is 9.49. The predicted molar refractivity (Wildman–Crippen MR) is 92.8 cm³/mol. The molecular formula is C16H27N3S. The molecule has 0 bridgehead atoms. The zero-order chi connectivity index (χ0) is 15.0. The van der Waals surface area contributed by atoms with Gasteiger partial charge in [0.2, 0.25) is 0 Å². The number of hydrogen-bond acceptors (Lipinski definition) is 2. The highest BCUT2D eigenvalue weighted by Crippen LogP contribution is 2.13. The number of nitrogens with one attached hydrogen (secondary N) is 1. The van der Waals surface area contributed by atoms with E-state index in [1.165, 1.54) is 16.9 Å². The summed E-state index contributed by atoms with van der Waals surface area (Å²) in [4.78, 5) is 4.36. The first-order valence-corrected chi connectivity index (χ1v) is 8.36. The van der Waals surface area contributed by atoms with Crippen molar-refractivity contribution in [3.8, 4) is 0 Å². The standard InChI is InChI=1S/C16H27N3S/c1-12(2)11-20-9-5-8-18-16(17)19-15-7-6-13(3)14(4)10-15/h6-7,10,12H,5,8-9,11H2,1-4H3,(H3,17,18,19). The molecule has 0 aliphatic rings. The third-order valence-electron chi connectivity index (χ3n) is 2.96. The summed E-state index contributed by atoms with van der Waals surface area (Å²) in [5, 5.41) is 3.14. The van der Waals surface area contributed by atoms with Gasteiger partial charge in [0.05, 0.1) is 0 Å². The molecule has 0 aromatic heterocycles. The molecule has 0 amide bonds. The lowest BCUT2D eigenvalue weighted by Gasteiger charge is -2.08. The maximum absolute atomic E-state index is 5.89. The van der Waals surface area contributed by atoms with Gasteiger partial charge in [0.15, 0.2) is 5.96 Å². The molecule has 0 aliphatic carbocycles. The lowest BCUT2D eigenvalue weighted by Crippen LogP contribution is -2.23. The van der Waals surface area contributed by atoms with Crippen LogP contribution in [0.2, 0.25) is 0 Å². The summed E-state index contributed by atoms with van der Waals surface area (Å²) in [5.74, 6) is 3.64. The topological polar surface area (TPSA) is 50.4 Å². The number of hydrogen-bond donors (Lipinski definition) is 2. The van der Waals surface area contributed by atoms with E-state index < -0.39 is 0 Å². The minimum absolute atomic E-state index is 0.502. The van der Waals surface area contributed by atoms with Crippen molar-refractivity contribution in [1.29, 1.82) is 0 Å². The van der Waals surface area contributed by atoms with Gasteiger partial charge in [-0.25, -0.2) is 0 Å². The molecule has 4 heteroatoms. The molecule has 1 aromatic carbocycles. The van der Waals surface area contributed by atoms with Crippen LogP contribution in [0.4, 0.5) is 5.69 Å². The second-order valence-electron chi connectivity index (χ2n) is 5.51. The van der Waals surface area contributed by atoms with Crippen molar-refractivity contribution in [3.63, 3.8) is 0 Å². The Bertz CT molecular complexity index is 441. The van der Waals surface area contributed by atoms with Crippen LogP contribution in [0.25, 0.3) is 0 Å². The van der Waals surface area contributed by atoms with E-state index in [-0.39, 0.29) is 0 Å². The third-order valence-corrected chi connectivity index (χ3v) is 4.44. The summed E-state index contributed by atoms with van der Waals surface area (Å²) in [6, 6.07) is 6.22. The third kappa shape index (κ3) is 6.85. The molecule has 0 atom stereocenters. The summed E-state index contributed by atoms with van der Waals surface area (Å²) >= 11 is 1.99. The molecular weight excluding hydrogens is 266 g/mol. The fourth-order valence-electron chi connectivity index (χ4n) is 1.69. The summed E-state index contributed by atoms with van der Waals surface area (Å²) < 4.78 is 0. The number of aryl methyl sites for hydroxylation is 2. The Balaban J connectivity index is 2.29. The highest BCUT2D eigenvalue weighted by molar-refractivity contribution is 7.99. The van der Waals surface area contributed by atoms with Gasteiger partial charge in [0.25, 0.3) is 0 Å². The van der Waals surface area contributed by atoms with Gasteiger partial charge in [-0.1, -0.05) is 19.9 Å². The van der Waals surface area contributed by atoms with Crippen LogP contribution in [0.15, 0.2) is 23.2 Å². The van der Waals surface area contributed by atoms with Crippen molar-refractivity contribution < 1.29 is 0 Å². The Hall–Kier alpha value is -1.16. The van der Waals surface area contributed by atoms with Gasteiger partial charge in [0, 0.05) is 12.2 Å². The molecule has 0 heterocycles. The first kappa shape index (κ1) is 16.9. The Kier molecular flexibility index (Phi) is 7.52. The van der Waals surface area contributed by atoms with E-state index in [1.54, 1.807) is 0 Å². The Morgan fingerprint density at radius 1 is 1.30 bits per heavy atom. The molecule has 0 aliphatic heterocycles. The Morgan fingerprint density at radius 3 is 2.70 bits per heavy atom. The van der Waals surface area contributed by atoms with Gasteiger partial charge >= 0.3 is 0 Å². The molecule has 1 rings (SSSR count). The molecule has 3 N–H and O–H groups in total. The van der Waals surface area contributed by atoms with Crippen LogP contribution in [0.3, 0.4) is 0 Å². The van der Waals surface area contributed by atoms with E-state index in [4.69, 9.17) is 5.73 Å². The number of nitrogens with two attached hydrogens (primary N) is 1. The van der Waals surface area contributed by atoms with Crippen molar-refractivity contribution in [1.82, 2.24) is 0 Å². The molecule has 0 saturated carbocycles. The highest BCUT2D eigenvalue weighted by atomic mass is 32.2. The van der Waals surface area contributed by atoms with E-state index in [0.717, 1.165) is 30.3 Å². The van der Waals surface area contributed by atoms with Crippen molar-refractivity contribution in [2.75, 3.05) is 23.4 Å². The van der Waals surface area contributed by atoms with E-state index >= 15 is 0 Å². The van der Waals surface area contributed by atoms with Crippen LogP contribution in [0.1, 0.15) is 31.4 Å². The van der Waals surface area contributed by atoms with Crippen molar-refractivity contribution >= 4 is 23.4 Å². The predicted octanol–water partition coefficient (Wildman–Crippen LogP) is 3.81. The second kappa shape index (κ2) is 8.90. The monoisotopic (exact) mass is 293 g/mol. The highest BCUT2D eigenvalue weighted by Gasteiger charge is 1.98. The Labute approximate surface area is 127 Å². The molecule has 0 radical (unpaired) electrons. The van der Waals surface area contributed by atoms with Gasteiger partial charge in [-0.05, 0) is 61.0 Å². The minimum Gasteiger partial charge on any atom is -0.370 e. The first-order valence-electron chi connectivity index (χ1n) is 7.21. The van der Waals surface area contributed by atoms with Gasteiger partial charge in [-0.3, -0.25) is 4.99 Å². The largest absolute Gasteiger partial charge is 0.370 e. The lowest BCUT2D eigenvalue weighted by molar-refractivity contribution is 0.749. The molecule has 0 fully saturated rings. The van der Waals surface area contributed by atoms with Gasteiger partial charge in [-0.2, -0.15) is 11.8 Å². The molecule has 0 spiro atoms. The number of nitrogens with zero attached hydrogens (tertiary/aromatic N) is 1. The van der Waals surface area contributed by atoms with E-state index in [1.807, 2.05) is 17.8 Å². The molecule has 1 aromatic rings. The molecule has 20 heavy (non-hydrogen) atoms. The van der Waals surface area contributed by atoms with Crippen LogP contribution in [0.5, 0.6) is 0 Å². The zero-order valence-electron chi connectivity index (χ0n) is 13.1. The van der Waals surface area contributed by atoms with Crippen LogP contribution in [0, 0.1) is 19.8 Å². The van der Waals surface area contributed by atoms with Crippen molar-refractivity contribution in [2.24, 2.45) is 16.6 Å². The summed E-state index contributed by atoms with van der Waals surface area (Å²) in [6.07, 6.45) is 1.08. The molecule has 3 nitrogen and oxygen atoms in total. The van der Waals surface area contributed by atoms with Crippen molar-refractivity contribution in [3.05, 3.63) is 29.3 Å². The smallest absolute Gasteiger partial charge is 0.193 e. The summed E-state index contributed by atoms with van der Waals surface area (Å²) in [6.45, 7) is 9.48. The number of benzene rings is 1. The van der Waals surface area contributed by atoms with E-state index in [2.05, 4.69) is 50.1 Å². The minimum atomic E-state index is 0.502. The number of aliphatic imine (C=N–C) groups is 1. The van der Waals surface area contributed by atoms with E-state index in [9.17, 15) is 0 Å². The number of anilines is 1. The van der Waals surface area contributed by atoms with Crippen LogP contribution in [-0.4, -0.2) is 24.0 Å². The number of guanidine groups is 1. The molecule has 0 saturated heterocycles. The lowest BCUT2D eigenvalue weighted by atomic mass is 10.1. The quantitative estimate of drug-likeness (QED) is 0.456. The number of thioether (sulfide) groups is 1. The maximum atomic E-state index is 5.89. The van der Waals surface area contributed by atoms with Gasteiger partial charge < -0.3 is 11.1 Å². The summed E-state index contributed by atoms with van der Waals surface area (Å²) in [5.41, 5.74) is 9.43. The second-order valence-corrected chi connectivity index (χ2v) is 6.66. The average Bonchev–Trinajstić information content (AvgIpc) is 2.38. The van der Waals surface area contributed by atoms with Crippen LogP contribution < -0.4 is 11.1 Å². The SMILES string of the molecule is Cc1ccc(NC(N)=NCCCSCC(C)C)cc1C. The molecule has 0 unspecified atom stereocenters. The average molecular weight is 293 g/mol. The fraction of sp³-hybridized carbons (Fsp3) is 0.562. The zero-order valence-corrected chi connectivity index (χ0v) is 13.9. The number of rotatable bonds is 7. The van der Waals surface area contributed by atoms with Gasteiger partial charge in [-0.15, -0.1) is 0 Å². The van der Waals surface area contributed by atoms with Crippen LogP contribution >= 0.6 is 11.8 Å². The molecule has 112 valence electrons. The van der Waals surface area contributed by atoms with E-state index in [0.29, 0.717) is 5.96 Å². The van der Waals surface area contributed by atoms with Crippen LogP contribution in [-0.2, 0) is 0 Å². The Morgan fingerprint density at radius 2 is 2.05 bits per heavy atom. The summed E-state index contributed by atoms with van der Waals surface area (Å²) in [7, 11) is 0. The normalized spacial score (nSPS) is 11.9. The van der Waals surface area contributed by atoms with Gasteiger partial charge in [0.1, 0.15) is 0 Å². The fourth-order valence-corrected chi connectivity index (χ4v) is 2.66.